The van der Waals surface area contributed by atoms with Gasteiger partial charge in [-0.1, -0.05) is 0 Å². The lowest BCUT2D eigenvalue weighted by molar-refractivity contribution is -0.386. The van der Waals surface area contributed by atoms with Crippen LogP contribution in [0, 0.1) is 10.1 Å². The number of hydrazone groups is 1. The van der Waals surface area contributed by atoms with Crippen molar-refractivity contribution in [1.82, 2.24) is 10.7 Å². The zero-order valence-electron chi connectivity index (χ0n) is 9.88. The van der Waals surface area contributed by atoms with E-state index in [1.807, 2.05) is 6.92 Å². The van der Waals surface area contributed by atoms with Crippen molar-refractivity contribution in [3.63, 3.8) is 0 Å². The van der Waals surface area contributed by atoms with Gasteiger partial charge in [0.15, 0.2) is 5.11 Å². The fourth-order valence-corrected chi connectivity index (χ4v) is 1.85. The molecule has 0 heterocycles. The van der Waals surface area contributed by atoms with Crippen molar-refractivity contribution in [2.24, 2.45) is 5.10 Å². The van der Waals surface area contributed by atoms with Crippen LogP contribution >= 0.6 is 28.1 Å². The number of halogens is 1. The van der Waals surface area contributed by atoms with E-state index in [9.17, 15) is 15.2 Å². The molecule has 0 aromatic heterocycles. The minimum absolute atomic E-state index is 0.220. The van der Waals surface area contributed by atoms with Crippen LogP contribution in [0.3, 0.4) is 0 Å². The summed E-state index contributed by atoms with van der Waals surface area (Å²) >= 11 is 7.93. The van der Waals surface area contributed by atoms with Crippen LogP contribution in [0.4, 0.5) is 5.69 Å². The molecule has 0 aliphatic rings. The predicted octanol–water partition coefficient (Wildman–Crippen LogP) is 1.88. The number of phenolic OH excluding ortho intramolecular Hbond substituents is 1. The Labute approximate surface area is 123 Å². The van der Waals surface area contributed by atoms with Crippen molar-refractivity contribution in [2.45, 2.75) is 6.92 Å². The second-order valence-electron chi connectivity index (χ2n) is 3.36. The standard InChI is InChI=1S/C10H11BrN4O3S/c1-2-12-10(19)14-13-5-6-3-7(11)9(16)8(4-6)15(17)18/h3-5,16H,2H2,1H3,(H2,12,14,19)/b13-5+. The molecule has 0 fully saturated rings. The molecular formula is C10H11BrN4O3S. The number of rotatable bonds is 4. The maximum Gasteiger partial charge on any atom is 0.312 e. The van der Waals surface area contributed by atoms with Gasteiger partial charge in [0.2, 0.25) is 5.75 Å². The Morgan fingerprint density at radius 2 is 2.37 bits per heavy atom. The molecule has 1 rings (SSSR count). The van der Waals surface area contributed by atoms with Crippen molar-refractivity contribution < 1.29 is 10.0 Å². The van der Waals surface area contributed by atoms with Crippen LogP contribution in [0.5, 0.6) is 5.75 Å². The van der Waals surface area contributed by atoms with Gasteiger partial charge in [-0.05, 0) is 41.1 Å². The first kappa shape index (κ1) is 15.3. The highest BCUT2D eigenvalue weighted by Gasteiger charge is 2.17. The number of benzene rings is 1. The fraction of sp³-hybridized carbons (Fsp3) is 0.200. The topological polar surface area (TPSA) is 99.8 Å². The Morgan fingerprint density at radius 1 is 1.68 bits per heavy atom. The normalized spacial score (nSPS) is 10.4. The maximum absolute atomic E-state index is 10.7. The van der Waals surface area contributed by atoms with E-state index in [0.29, 0.717) is 17.2 Å². The zero-order valence-corrected chi connectivity index (χ0v) is 12.3. The van der Waals surface area contributed by atoms with Gasteiger partial charge < -0.3 is 10.4 Å². The number of nitro benzene ring substituents is 1. The van der Waals surface area contributed by atoms with E-state index in [2.05, 4.69) is 31.8 Å². The quantitative estimate of drug-likeness (QED) is 0.333. The lowest BCUT2D eigenvalue weighted by Gasteiger charge is -2.03. The van der Waals surface area contributed by atoms with Gasteiger partial charge in [-0.2, -0.15) is 5.10 Å². The average Bonchev–Trinajstić information content (AvgIpc) is 2.33. The summed E-state index contributed by atoms with van der Waals surface area (Å²) in [5.74, 6) is -0.418. The van der Waals surface area contributed by atoms with Crippen LogP contribution in [-0.2, 0) is 0 Å². The SMILES string of the molecule is CCNC(=S)N/N=C/c1cc(Br)c(O)c([N+](=O)[O-])c1. The van der Waals surface area contributed by atoms with E-state index in [-0.39, 0.29) is 4.47 Å². The van der Waals surface area contributed by atoms with Crippen molar-refractivity contribution in [3.8, 4) is 5.75 Å². The molecule has 0 unspecified atom stereocenters. The average molecular weight is 347 g/mol. The molecule has 0 saturated carbocycles. The summed E-state index contributed by atoms with van der Waals surface area (Å²) < 4.78 is 0.220. The first-order valence-electron chi connectivity index (χ1n) is 5.19. The largest absolute Gasteiger partial charge is 0.501 e. The molecular weight excluding hydrogens is 336 g/mol. The highest BCUT2D eigenvalue weighted by Crippen LogP contribution is 2.34. The molecule has 1 aromatic carbocycles. The summed E-state index contributed by atoms with van der Waals surface area (Å²) in [5.41, 5.74) is 2.61. The molecule has 9 heteroatoms. The smallest absolute Gasteiger partial charge is 0.312 e. The van der Waals surface area contributed by atoms with Crippen LogP contribution in [0.25, 0.3) is 0 Å². The third-order valence-electron chi connectivity index (χ3n) is 1.98. The van der Waals surface area contributed by atoms with E-state index in [0.717, 1.165) is 0 Å². The molecule has 19 heavy (non-hydrogen) atoms. The number of nitro groups is 1. The van der Waals surface area contributed by atoms with Gasteiger partial charge in [-0.25, -0.2) is 0 Å². The van der Waals surface area contributed by atoms with E-state index < -0.39 is 16.4 Å². The Hall–Kier alpha value is -1.74. The van der Waals surface area contributed by atoms with Gasteiger partial charge in [0.25, 0.3) is 0 Å². The van der Waals surface area contributed by atoms with Crippen LogP contribution in [0.15, 0.2) is 21.7 Å². The lowest BCUT2D eigenvalue weighted by Crippen LogP contribution is -2.31. The second kappa shape index (κ2) is 7.00. The van der Waals surface area contributed by atoms with E-state index >= 15 is 0 Å². The highest BCUT2D eigenvalue weighted by molar-refractivity contribution is 9.10. The molecule has 102 valence electrons. The van der Waals surface area contributed by atoms with Gasteiger partial charge in [-0.15, -0.1) is 0 Å². The minimum Gasteiger partial charge on any atom is -0.501 e. The van der Waals surface area contributed by atoms with Crippen molar-refractivity contribution in [2.75, 3.05) is 6.54 Å². The number of aromatic hydroxyl groups is 1. The Kier molecular flexibility index (Phi) is 5.64. The first-order chi connectivity index (χ1) is 8.95. The van der Waals surface area contributed by atoms with Crippen LogP contribution in [-0.4, -0.2) is 27.9 Å². The summed E-state index contributed by atoms with van der Waals surface area (Å²) in [5, 5.41) is 27.2. The van der Waals surface area contributed by atoms with Crippen molar-refractivity contribution in [3.05, 3.63) is 32.3 Å². The van der Waals surface area contributed by atoms with E-state index in [4.69, 9.17) is 12.2 Å². The van der Waals surface area contributed by atoms with Gasteiger partial charge in [0, 0.05) is 18.2 Å². The molecule has 1 aromatic rings. The van der Waals surface area contributed by atoms with Gasteiger partial charge in [0.05, 0.1) is 15.6 Å². The first-order valence-corrected chi connectivity index (χ1v) is 6.39. The molecule has 0 aliphatic heterocycles. The van der Waals surface area contributed by atoms with E-state index in [1.54, 1.807) is 0 Å². The number of nitrogens with zero attached hydrogens (tertiary/aromatic N) is 2. The van der Waals surface area contributed by atoms with E-state index in [1.165, 1.54) is 18.3 Å². The summed E-state index contributed by atoms with van der Waals surface area (Å²) in [6.07, 6.45) is 1.36. The molecule has 0 bridgehead atoms. The summed E-state index contributed by atoms with van der Waals surface area (Å²) in [7, 11) is 0. The fourth-order valence-electron chi connectivity index (χ4n) is 1.18. The highest BCUT2D eigenvalue weighted by atomic mass is 79.9. The molecule has 0 amide bonds. The number of thiocarbonyl (C=S) groups is 1. The third kappa shape index (κ3) is 4.45. The Bertz CT molecular complexity index is 536. The van der Waals surface area contributed by atoms with Gasteiger partial charge in [-0.3, -0.25) is 15.5 Å². The van der Waals surface area contributed by atoms with Crippen LogP contribution in [0.2, 0.25) is 0 Å². The van der Waals surface area contributed by atoms with Gasteiger partial charge >= 0.3 is 5.69 Å². The maximum atomic E-state index is 10.7. The van der Waals surface area contributed by atoms with Crippen LogP contribution < -0.4 is 10.7 Å². The Morgan fingerprint density at radius 3 is 2.95 bits per heavy atom. The van der Waals surface area contributed by atoms with Crippen molar-refractivity contribution >= 4 is 45.2 Å². The molecule has 0 aliphatic carbocycles. The monoisotopic (exact) mass is 346 g/mol. The lowest BCUT2D eigenvalue weighted by atomic mass is 10.2. The number of phenols is 1. The second-order valence-corrected chi connectivity index (χ2v) is 4.62. The third-order valence-corrected chi connectivity index (χ3v) is 2.82. The van der Waals surface area contributed by atoms with Crippen molar-refractivity contribution in [1.29, 1.82) is 0 Å². The number of hydrogen-bond acceptors (Lipinski definition) is 5. The molecule has 0 spiro atoms. The molecule has 7 nitrogen and oxygen atoms in total. The Balaban J connectivity index is 2.88. The van der Waals surface area contributed by atoms with Gasteiger partial charge in [0.1, 0.15) is 0 Å². The number of hydrogen-bond donors (Lipinski definition) is 3. The minimum atomic E-state index is -0.672. The summed E-state index contributed by atoms with van der Waals surface area (Å²) in [6.45, 7) is 2.55. The number of nitrogens with one attached hydrogen (secondary N) is 2. The predicted molar refractivity (Wildman–Crippen MR) is 79.5 cm³/mol. The van der Waals surface area contributed by atoms with Crippen LogP contribution in [0.1, 0.15) is 12.5 Å². The molecule has 3 N–H and O–H groups in total. The summed E-state index contributed by atoms with van der Waals surface area (Å²) in [6, 6.07) is 2.71. The molecule has 0 atom stereocenters. The summed E-state index contributed by atoms with van der Waals surface area (Å²) in [4.78, 5) is 10.1. The molecule has 0 saturated heterocycles. The zero-order chi connectivity index (χ0) is 14.4. The molecule has 0 radical (unpaired) electrons.